The Morgan fingerprint density at radius 2 is 1.19 bits per heavy atom. The number of allylic oxidation sites excluding steroid dienone is 1. The molecule has 31 heteroatoms. The number of aliphatic hydroxyl groups excluding tert-OH is 3. The first kappa shape index (κ1) is 61.4. The van der Waals surface area contributed by atoms with Gasteiger partial charge in [-0.3, -0.25) is 47.9 Å². The van der Waals surface area contributed by atoms with Crippen LogP contribution >= 0.6 is 11.6 Å². The Balaban J connectivity index is 4.03. The second kappa shape index (κ2) is 30.8. The Kier molecular flexibility index (Phi) is 27.1. The number of esters is 1. The summed E-state index contributed by atoms with van der Waals surface area (Å²) in [5.74, 6) is -17.5. The number of alkyl halides is 1. The van der Waals surface area contributed by atoms with Crippen LogP contribution in [0.3, 0.4) is 0 Å². The zero-order chi connectivity index (χ0) is 53.4. The van der Waals surface area contributed by atoms with Crippen molar-refractivity contribution < 1.29 is 87.8 Å². The first-order chi connectivity index (χ1) is 32.9. The molecule has 20 N–H and O–H groups in total. The Morgan fingerprint density at radius 3 is 1.66 bits per heavy atom. The van der Waals surface area contributed by atoms with Crippen LogP contribution in [0.15, 0.2) is 11.8 Å². The fraction of sp³-hybridized carbons (Fsp3) is 0.641. The van der Waals surface area contributed by atoms with Gasteiger partial charge in [0.15, 0.2) is 12.1 Å². The van der Waals surface area contributed by atoms with E-state index in [0.29, 0.717) is 6.42 Å². The fourth-order valence-electron chi connectivity index (χ4n) is 6.21. The number of nitrogens with two attached hydrogens (primary N) is 3. The third-order valence-electron chi connectivity index (χ3n) is 9.94. The Hall–Kier alpha value is -6.57. The second-order valence-electron chi connectivity index (χ2n) is 15.5. The van der Waals surface area contributed by atoms with E-state index in [1.54, 1.807) is 0 Å². The number of halogens is 1. The molecule has 1 heterocycles. The van der Waals surface area contributed by atoms with E-state index in [1.165, 1.54) is 6.92 Å². The van der Waals surface area contributed by atoms with E-state index in [2.05, 4.69) is 37.2 Å². The van der Waals surface area contributed by atoms with Crippen molar-refractivity contribution in [2.45, 2.75) is 126 Å². The molecule has 0 aliphatic carbocycles. The zero-order valence-corrected chi connectivity index (χ0v) is 39.1. The predicted molar refractivity (Wildman–Crippen MR) is 239 cm³/mol. The molecule has 0 bridgehead atoms. The molecule has 0 radical (unpaired) electrons. The van der Waals surface area contributed by atoms with Crippen LogP contribution in [0.5, 0.6) is 0 Å². The summed E-state index contributed by atoms with van der Waals surface area (Å²) in [5, 5.41) is 70.2. The van der Waals surface area contributed by atoms with E-state index in [0.717, 1.165) is 19.9 Å². The van der Waals surface area contributed by atoms with Crippen molar-refractivity contribution in [2.75, 3.05) is 32.1 Å². The van der Waals surface area contributed by atoms with Crippen molar-refractivity contribution >= 4 is 82.7 Å². The van der Waals surface area contributed by atoms with Gasteiger partial charge in [0, 0.05) is 6.92 Å². The van der Waals surface area contributed by atoms with Crippen LogP contribution in [-0.4, -0.2) is 195 Å². The SMILES string of the molecule is C/C=C1\NC(=O)[C@H]([C@H](C)O)NC(=O)[C@H](CCN)NC(=O)[C@H](CCCCN)NC(=O)[C@H](CC(=O)O)NC(=O)[C@@H](CCN)NC(=O)[C@@H](NC(C)=O)COC(=O)[C@H]([C@H](O)CCl)NC(=O)[C@H]([C@H](O)C(=O)O)NC1=O. The third kappa shape index (κ3) is 20.2. The molecule has 1 fully saturated rings. The molecule has 0 aromatic carbocycles. The number of ether oxygens (including phenoxy) is 1. The summed E-state index contributed by atoms with van der Waals surface area (Å²) in [6, 6.07) is -15.5. The molecule has 0 unspecified atom stereocenters. The molecule has 11 atom stereocenters. The van der Waals surface area contributed by atoms with Gasteiger partial charge >= 0.3 is 17.9 Å². The molecule has 0 aromatic heterocycles. The fourth-order valence-corrected chi connectivity index (χ4v) is 6.39. The molecule has 9 amide bonds. The number of carbonyl (C=O) groups excluding carboxylic acids is 10. The van der Waals surface area contributed by atoms with E-state index in [1.807, 2.05) is 10.6 Å². The maximum atomic E-state index is 13.8. The summed E-state index contributed by atoms with van der Waals surface area (Å²) in [6.45, 7) is 1.55. The Morgan fingerprint density at radius 1 is 0.686 bits per heavy atom. The molecule has 1 aliphatic rings. The number of carbonyl (C=O) groups is 12. The van der Waals surface area contributed by atoms with Crippen molar-refractivity contribution in [2.24, 2.45) is 17.2 Å². The van der Waals surface area contributed by atoms with Crippen LogP contribution in [0.1, 0.15) is 59.3 Å². The number of amides is 9. The van der Waals surface area contributed by atoms with Crippen LogP contribution < -0.4 is 65.1 Å². The van der Waals surface area contributed by atoms with Gasteiger partial charge in [0.1, 0.15) is 54.6 Å². The highest BCUT2D eigenvalue weighted by molar-refractivity contribution is 6.18. The lowest BCUT2D eigenvalue weighted by atomic mass is 10.0. The molecule has 394 valence electrons. The zero-order valence-electron chi connectivity index (χ0n) is 38.4. The highest BCUT2D eigenvalue weighted by Crippen LogP contribution is 2.09. The monoisotopic (exact) mass is 1020 g/mol. The summed E-state index contributed by atoms with van der Waals surface area (Å²) in [6.07, 6.45) is -7.24. The standard InChI is InChI=1S/C39H63ClN12O18/c1-4-18-30(59)52-28(29(58)38(67)68)37(66)51-27(24(55)14-40)39(69)70-15-23(44-17(3)54)35(64)48-20(8-11-42)32(61)49-22(13-25(56)57)34(63)46-19(7-5-6-10-41)31(60)47-21(9-12-43)33(62)50-26(16(2)53)36(65)45-18/h4,16,19-24,26-29,53,55,58H,5-15,41-43H2,1-3H3,(H,44,54)(H,45,65)(H,46,63)(H,47,60)(H,48,64)(H,49,61)(H,50,62)(H,51,66)(H,52,59)(H,56,57)(H,67,68)/b18-4-/t16-,19-,20+,21-,22-,23-,24+,26-,27-,28-,29-/m0/s1. The highest BCUT2D eigenvalue weighted by Gasteiger charge is 2.40. The van der Waals surface area contributed by atoms with Crippen molar-refractivity contribution in [1.29, 1.82) is 0 Å². The number of cyclic esters (lactones) is 1. The van der Waals surface area contributed by atoms with Crippen LogP contribution in [0.2, 0.25) is 0 Å². The van der Waals surface area contributed by atoms with Gasteiger partial charge in [-0.2, -0.15) is 0 Å². The maximum absolute atomic E-state index is 13.8. The van der Waals surface area contributed by atoms with Gasteiger partial charge in [0.25, 0.3) is 5.91 Å². The summed E-state index contributed by atoms with van der Waals surface area (Å²) in [7, 11) is 0. The minimum Gasteiger partial charge on any atom is -0.481 e. The van der Waals surface area contributed by atoms with Gasteiger partial charge in [0.05, 0.1) is 24.5 Å². The number of rotatable bonds is 16. The number of hydrogen-bond acceptors (Lipinski definition) is 19. The van der Waals surface area contributed by atoms with E-state index in [-0.39, 0.29) is 38.9 Å². The Labute approximate surface area is 404 Å². The van der Waals surface area contributed by atoms with Crippen LogP contribution in [0, 0.1) is 0 Å². The summed E-state index contributed by atoms with van der Waals surface area (Å²) in [5.41, 5.74) is 16.2. The lowest BCUT2D eigenvalue weighted by molar-refractivity contribution is -0.155. The highest BCUT2D eigenvalue weighted by atomic mass is 35.5. The minimum atomic E-state index is -2.80. The summed E-state index contributed by atoms with van der Waals surface area (Å²) in [4.78, 5) is 158. The number of aliphatic hydroxyl groups is 3. The first-order valence-corrected chi connectivity index (χ1v) is 22.1. The third-order valence-corrected chi connectivity index (χ3v) is 10.3. The number of carboxylic acid groups (broad SMARTS) is 2. The molecule has 1 aliphatic heterocycles. The number of aliphatic carboxylic acids is 2. The average Bonchev–Trinajstić information content (AvgIpc) is 3.29. The van der Waals surface area contributed by atoms with Gasteiger partial charge in [-0.15, -0.1) is 11.6 Å². The Bertz CT molecular complexity index is 1940. The maximum Gasteiger partial charge on any atom is 0.335 e. The lowest BCUT2D eigenvalue weighted by Gasteiger charge is -2.28. The first-order valence-electron chi connectivity index (χ1n) is 21.6. The summed E-state index contributed by atoms with van der Waals surface area (Å²) < 4.78 is 5.10. The van der Waals surface area contributed by atoms with E-state index in [4.69, 9.17) is 33.5 Å². The molecule has 1 saturated heterocycles. The number of unbranched alkanes of at least 4 members (excludes halogenated alkanes) is 1. The molecular weight excluding hydrogens is 960 g/mol. The smallest absolute Gasteiger partial charge is 0.335 e. The van der Waals surface area contributed by atoms with Crippen LogP contribution in [0.4, 0.5) is 0 Å². The van der Waals surface area contributed by atoms with Gasteiger partial charge < -0.3 is 95.3 Å². The molecule has 0 saturated carbocycles. The quantitative estimate of drug-likeness (QED) is 0.0295. The number of hydrogen-bond donors (Lipinski definition) is 17. The molecule has 0 aromatic rings. The van der Waals surface area contributed by atoms with Gasteiger partial charge in [-0.05, 0) is 65.6 Å². The minimum absolute atomic E-state index is 0.134. The van der Waals surface area contributed by atoms with Crippen LogP contribution in [-0.2, 0) is 62.3 Å². The van der Waals surface area contributed by atoms with E-state index >= 15 is 0 Å². The molecule has 70 heavy (non-hydrogen) atoms. The lowest BCUT2D eigenvalue weighted by Crippen LogP contribution is -2.62. The average molecular weight is 1020 g/mol. The van der Waals surface area contributed by atoms with Gasteiger partial charge in [0.2, 0.25) is 47.3 Å². The molecule has 30 nitrogen and oxygen atoms in total. The summed E-state index contributed by atoms with van der Waals surface area (Å²) >= 11 is 5.74. The van der Waals surface area contributed by atoms with Crippen molar-refractivity contribution in [1.82, 2.24) is 47.9 Å². The van der Waals surface area contributed by atoms with Gasteiger partial charge in [-0.1, -0.05) is 6.08 Å². The normalized spacial score (nSPS) is 26.4. The predicted octanol–water partition coefficient (Wildman–Crippen LogP) is -8.81. The largest absolute Gasteiger partial charge is 0.481 e. The van der Waals surface area contributed by atoms with Crippen molar-refractivity contribution in [3.8, 4) is 0 Å². The van der Waals surface area contributed by atoms with E-state index < -0.39 is 169 Å². The number of nitrogens with one attached hydrogen (secondary N) is 9. The second-order valence-corrected chi connectivity index (χ2v) is 15.8. The van der Waals surface area contributed by atoms with Crippen molar-refractivity contribution in [3.63, 3.8) is 0 Å². The van der Waals surface area contributed by atoms with Gasteiger partial charge in [-0.25, -0.2) is 9.59 Å². The number of carboxylic acids is 2. The van der Waals surface area contributed by atoms with Crippen molar-refractivity contribution in [3.05, 3.63) is 11.8 Å². The topological polar surface area (TPSA) is 502 Å². The molecule has 0 spiro atoms. The van der Waals surface area contributed by atoms with Crippen LogP contribution in [0.25, 0.3) is 0 Å². The van der Waals surface area contributed by atoms with E-state index in [9.17, 15) is 83.1 Å². The molecule has 1 rings (SSSR count). The molecular formula is C39H63ClN12O18.